The van der Waals surface area contributed by atoms with Crippen LogP contribution in [0.25, 0.3) is 0 Å². The van der Waals surface area contributed by atoms with Crippen LogP contribution in [0.1, 0.15) is 24.6 Å². The molecule has 2 N–H and O–H groups in total. The van der Waals surface area contributed by atoms with Crippen molar-refractivity contribution in [3.05, 3.63) is 18.2 Å². The molecule has 4 heteroatoms. The van der Waals surface area contributed by atoms with Gasteiger partial charge in [-0.3, -0.25) is 0 Å². The first kappa shape index (κ1) is 8.72. The number of aromatic nitrogens is 2. The predicted octanol–water partition coefficient (Wildman–Crippen LogP) is 0.693. The van der Waals surface area contributed by atoms with Gasteiger partial charge in [-0.1, -0.05) is 0 Å². The minimum Gasteiger partial charge on any atom is -0.381 e. The zero-order valence-electron chi connectivity index (χ0n) is 7.65. The van der Waals surface area contributed by atoms with E-state index in [4.69, 9.17) is 10.5 Å². The molecule has 0 saturated carbocycles. The van der Waals surface area contributed by atoms with E-state index >= 15 is 0 Å². The molecule has 1 aliphatic rings. The summed E-state index contributed by atoms with van der Waals surface area (Å²) in [5, 5.41) is 0. The molecule has 1 fully saturated rings. The smallest absolute Gasteiger partial charge is 0.0951 e. The van der Waals surface area contributed by atoms with Crippen LogP contribution in [0, 0.1) is 0 Å². The Morgan fingerprint density at radius 1 is 1.54 bits per heavy atom. The van der Waals surface area contributed by atoms with Crippen LogP contribution in [0.5, 0.6) is 0 Å². The molecule has 1 aromatic rings. The highest BCUT2D eigenvalue weighted by atomic mass is 16.5. The van der Waals surface area contributed by atoms with Crippen LogP contribution in [0.3, 0.4) is 0 Å². The fourth-order valence-corrected chi connectivity index (χ4v) is 1.78. The number of hydrogen-bond donors (Lipinski definition) is 1. The fraction of sp³-hybridized carbons (Fsp3) is 0.667. The maximum atomic E-state index is 5.61. The maximum Gasteiger partial charge on any atom is 0.0951 e. The number of nitrogens with zero attached hydrogens (tertiary/aromatic N) is 2. The summed E-state index contributed by atoms with van der Waals surface area (Å²) in [6.07, 6.45) is 5.86. The quantitative estimate of drug-likeness (QED) is 0.730. The van der Waals surface area contributed by atoms with E-state index in [2.05, 4.69) is 9.55 Å². The Labute approximate surface area is 77.7 Å². The van der Waals surface area contributed by atoms with Gasteiger partial charge in [0.25, 0.3) is 0 Å². The van der Waals surface area contributed by atoms with Crippen molar-refractivity contribution in [2.24, 2.45) is 5.73 Å². The Bertz CT molecular complexity index is 266. The number of nitrogens with two attached hydrogens (primary N) is 1. The van der Waals surface area contributed by atoms with Gasteiger partial charge in [-0.25, -0.2) is 4.98 Å². The molecule has 0 radical (unpaired) electrons. The lowest BCUT2D eigenvalue weighted by Gasteiger charge is -2.24. The molecule has 1 aliphatic heterocycles. The summed E-state index contributed by atoms with van der Waals surface area (Å²) < 4.78 is 7.49. The molecule has 0 amide bonds. The summed E-state index contributed by atoms with van der Waals surface area (Å²) >= 11 is 0. The van der Waals surface area contributed by atoms with Crippen molar-refractivity contribution in [1.29, 1.82) is 0 Å². The normalized spacial score (nSPS) is 19.2. The Morgan fingerprint density at radius 2 is 2.31 bits per heavy atom. The number of rotatable bonds is 2. The van der Waals surface area contributed by atoms with Crippen molar-refractivity contribution in [2.75, 3.05) is 13.2 Å². The van der Waals surface area contributed by atoms with Gasteiger partial charge in [-0.05, 0) is 12.8 Å². The average Bonchev–Trinajstić information content (AvgIpc) is 2.67. The SMILES string of the molecule is NCc1cncn1C1CCOCC1. The molecule has 0 aromatic carbocycles. The monoisotopic (exact) mass is 181 g/mol. The van der Waals surface area contributed by atoms with Gasteiger partial charge in [-0.15, -0.1) is 0 Å². The van der Waals surface area contributed by atoms with E-state index in [1.165, 1.54) is 0 Å². The van der Waals surface area contributed by atoms with Crippen molar-refractivity contribution in [2.45, 2.75) is 25.4 Å². The van der Waals surface area contributed by atoms with E-state index in [-0.39, 0.29) is 0 Å². The first-order valence-electron chi connectivity index (χ1n) is 4.70. The Hall–Kier alpha value is -0.870. The standard InChI is InChI=1S/C9H15N3O/c10-5-9-6-11-7-12(9)8-1-3-13-4-2-8/h6-8H,1-5,10H2. The van der Waals surface area contributed by atoms with Gasteiger partial charge in [0, 0.05) is 32.0 Å². The van der Waals surface area contributed by atoms with Crippen LogP contribution in [-0.4, -0.2) is 22.8 Å². The summed E-state index contributed by atoms with van der Waals surface area (Å²) in [6, 6.07) is 0.537. The molecule has 2 heterocycles. The van der Waals surface area contributed by atoms with Crippen LogP contribution in [0.2, 0.25) is 0 Å². The van der Waals surface area contributed by atoms with Gasteiger partial charge in [0.2, 0.25) is 0 Å². The number of imidazole rings is 1. The molecule has 1 aromatic heterocycles. The number of ether oxygens (including phenoxy) is 1. The third-order valence-electron chi connectivity index (χ3n) is 2.54. The zero-order valence-corrected chi connectivity index (χ0v) is 7.65. The molecule has 0 bridgehead atoms. The highest BCUT2D eigenvalue weighted by Gasteiger charge is 2.16. The molecule has 2 rings (SSSR count). The minimum absolute atomic E-state index is 0.537. The maximum absolute atomic E-state index is 5.61. The van der Waals surface area contributed by atoms with Crippen molar-refractivity contribution in [1.82, 2.24) is 9.55 Å². The van der Waals surface area contributed by atoms with Gasteiger partial charge in [0.1, 0.15) is 0 Å². The van der Waals surface area contributed by atoms with Crippen LogP contribution in [0.15, 0.2) is 12.5 Å². The van der Waals surface area contributed by atoms with E-state index in [1.54, 1.807) is 0 Å². The van der Waals surface area contributed by atoms with Crippen LogP contribution < -0.4 is 5.73 Å². The van der Waals surface area contributed by atoms with Gasteiger partial charge in [0.05, 0.1) is 12.0 Å². The molecular weight excluding hydrogens is 166 g/mol. The van der Waals surface area contributed by atoms with Crippen molar-refractivity contribution in [3.63, 3.8) is 0 Å². The van der Waals surface area contributed by atoms with E-state index in [1.807, 2.05) is 12.5 Å². The molecule has 0 aliphatic carbocycles. The van der Waals surface area contributed by atoms with E-state index in [0.717, 1.165) is 31.7 Å². The van der Waals surface area contributed by atoms with Gasteiger partial charge in [-0.2, -0.15) is 0 Å². The van der Waals surface area contributed by atoms with Crippen LogP contribution in [0.4, 0.5) is 0 Å². The second-order valence-electron chi connectivity index (χ2n) is 3.34. The summed E-state index contributed by atoms with van der Waals surface area (Å²) in [4.78, 5) is 4.11. The third-order valence-corrected chi connectivity index (χ3v) is 2.54. The first-order chi connectivity index (χ1) is 6.42. The molecule has 72 valence electrons. The van der Waals surface area contributed by atoms with Crippen molar-refractivity contribution < 1.29 is 4.74 Å². The molecular formula is C9H15N3O. The summed E-state index contributed by atoms with van der Waals surface area (Å²) in [6.45, 7) is 2.27. The predicted molar refractivity (Wildman–Crippen MR) is 49.2 cm³/mol. The molecule has 0 atom stereocenters. The lowest BCUT2D eigenvalue weighted by molar-refractivity contribution is 0.0689. The number of hydrogen-bond acceptors (Lipinski definition) is 3. The highest BCUT2D eigenvalue weighted by Crippen LogP contribution is 2.21. The molecule has 4 nitrogen and oxygen atoms in total. The minimum atomic E-state index is 0.537. The molecule has 1 saturated heterocycles. The highest BCUT2D eigenvalue weighted by molar-refractivity contribution is 4.99. The topological polar surface area (TPSA) is 53.1 Å². The first-order valence-corrected chi connectivity index (χ1v) is 4.70. The Balaban J connectivity index is 2.13. The fourth-order valence-electron chi connectivity index (χ4n) is 1.78. The molecule has 13 heavy (non-hydrogen) atoms. The molecule has 0 spiro atoms. The lowest BCUT2D eigenvalue weighted by Crippen LogP contribution is -2.21. The average molecular weight is 181 g/mol. The van der Waals surface area contributed by atoms with E-state index in [9.17, 15) is 0 Å². The molecule has 0 unspecified atom stereocenters. The van der Waals surface area contributed by atoms with E-state index in [0.29, 0.717) is 12.6 Å². The third kappa shape index (κ3) is 1.73. The second-order valence-corrected chi connectivity index (χ2v) is 3.34. The van der Waals surface area contributed by atoms with Crippen LogP contribution >= 0.6 is 0 Å². The Kier molecular flexibility index (Phi) is 2.61. The van der Waals surface area contributed by atoms with Crippen molar-refractivity contribution >= 4 is 0 Å². The zero-order chi connectivity index (χ0) is 9.10. The van der Waals surface area contributed by atoms with Gasteiger partial charge in [0.15, 0.2) is 0 Å². The summed E-state index contributed by atoms with van der Waals surface area (Å²) in [7, 11) is 0. The van der Waals surface area contributed by atoms with Crippen LogP contribution in [-0.2, 0) is 11.3 Å². The van der Waals surface area contributed by atoms with Crippen molar-refractivity contribution in [3.8, 4) is 0 Å². The second kappa shape index (κ2) is 3.89. The van der Waals surface area contributed by atoms with Gasteiger partial charge < -0.3 is 15.0 Å². The summed E-state index contributed by atoms with van der Waals surface area (Å²) in [5.74, 6) is 0. The van der Waals surface area contributed by atoms with E-state index < -0.39 is 0 Å². The Morgan fingerprint density at radius 3 is 3.00 bits per heavy atom. The van der Waals surface area contributed by atoms with Gasteiger partial charge >= 0.3 is 0 Å². The largest absolute Gasteiger partial charge is 0.381 e. The lowest BCUT2D eigenvalue weighted by atomic mass is 10.1. The summed E-state index contributed by atoms with van der Waals surface area (Å²) in [5.41, 5.74) is 6.73.